The number of carbonyl (C=O) groups excluding carboxylic acids is 2. The summed E-state index contributed by atoms with van der Waals surface area (Å²) in [5, 5.41) is 2.66. The van der Waals surface area contributed by atoms with Crippen molar-refractivity contribution >= 4 is 23.6 Å². The van der Waals surface area contributed by atoms with E-state index in [9.17, 15) is 14.0 Å². The Morgan fingerprint density at radius 1 is 1.09 bits per heavy atom. The maximum Gasteiger partial charge on any atom is 0.338 e. The van der Waals surface area contributed by atoms with Gasteiger partial charge >= 0.3 is 5.97 Å². The lowest BCUT2D eigenvalue weighted by atomic mass is 10.2. The van der Waals surface area contributed by atoms with Crippen LogP contribution in [0.25, 0.3) is 0 Å². The molecule has 2 aromatic carbocycles. The predicted molar refractivity (Wildman–Crippen MR) is 86.9 cm³/mol. The summed E-state index contributed by atoms with van der Waals surface area (Å²) in [6.45, 7) is 0.0846. The molecule has 23 heavy (non-hydrogen) atoms. The molecule has 0 heterocycles. The molecule has 4 nitrogen and oxygen atoms in total. The van der Waals surface area contributed by atoms with Crippen LogP contribution in [0.4, 0.5) is 4.39 Å². The van der Waals surface area contributed by atoms with Gasteiger partial charge in [-0.2, -0.15) is 0 Å². The summed E-state index contributed by atoms with van der Waals surface area (Å²) < 4.78 is 17.8. The number of hydrogen-bond acceptors (Lipinski definition) is 4. The lowest BCUT2D eigenvalue weighted by molar-refractivity contribution is -0.124. The quantitative estimate of drug-likeness (QED) is 0.481. The van der Waals surface area contributed by atoms with Crippen molar-refractivity contribution in [2.75, 3.05) is 18.9 Å². The number of amides is 1. The van der Waals surface area contributed by atoms with E-state index in [0.29, 0.717) is 12.3 Å². The fourth-order valence-corrected chi connectivity index (χ4v) is 2.55. The fourth-order valence-electron chi connectivity index (χ4n) is 1.76. The third-order valence-electron chi connectivity index (χ3n) is 2.83. The normalized spacial score (nSPS) is 10.1. The standard InChI is InChI=1S/C17H16FNO3S/c18-14-6-4-5-13(11-14)17(21)22-12-16(20)19-9-10-23-15-7-2-1-3-8-15/h1-8,11H,9-10,12H2,(H,19,20). The van der Waals surface area contributed by atoms with Crippen LogP contribution < -0.4 is 5.32 Å². The second kappa shape index (κ2) is 8.95. The van der Waals surface area contributed by atoms with Crippen LogP contribution in [0.2, 0.25) is 0 Å². The Hall–Kier alpha value is -2.34. The highest BCUT2D eigenvalue weighted by atomic mass is 32.2. The second-order valence-corrected chi connectivity index (χ2v) is 5.77. The third kappa shape index (κ3) is 6.12. The minimum atomic E-state index is -0.724. The zero-order chi connectivity index (χ0) is 16.5. The van der Waals surface area contributed by atoms with E-state index in [1.807, 2.05) is 30.3 Å². The number of benzene rings is 2. The minimum absolute atomic E-state index is 0.0810. The zero-order valence-electron chi connectivity index (χ0n) is 12.3. The van der Waals surface area contributed by atoms with E-state index in [4.69, 9.17) is 4.74 Å². The number of carbonyl (C=O) groups is 2. The van der Waals surface area contributed by atoms with E-state index in [0.717, 1.165) is 11.0 Å². The first kappa shape index (κ1) is 17.0. The zero-order valence-corrected chi connectivity index (χ0v) is 13.1. The molecule has 0 atom stereocenters. The van der Waals surface area contributed by atoms with Crippen molar-refractivity contribution in [3.05, 3.63) is 66.0 Å². The first-order valence-corrected chi connectivity index (χ1v) is 8.01. The number of nitrogens with one attached hydrogen (secondary N) is 1. The Kier molecular flexibility index (Phi) is 6.62. The van der Waals surface area contributed by atoms with Crippen LogP contribution in [0.3, 0.4) is 0 Å². The minimum Gasteiger partial charge on any atom is -0.452 e. The summed E-state index contributed by atoms with van der Waals surface area (Å²) in [4.78, 5) is 24.4. The molecule has 2 rings (SSSR count). The molecule has 0 saturated carbocycles. The van der Waals surface area contributed by atoms with E-state index in [1.54, 1.807) is 11.8 Å². The van der Waals surface area contributed by atoms with Gasteiger partial charge in [-0.25, -0.2) is 9.18 Å². The highest BCUT2D eigenvalue weighted by molar-refractivity contribution is 7.99. The average Bonchev–Trinajstić information content (AvgIpc) is 2.57. The van der Waals surface area contributed by atoms with Gasteiger partial charge in [-0.3, -0.25) is 4.79 Å². The van der Waals surface area contributed by atoms with E-state index < -0.39 is 11.8 Å². The van der Waals surface area contributed by atoms with Gasteiger partial charge in [0.25, 0.3) is 5.91 Å². The lowest BCUT2D eigenvalue weighted by Gasteiger charge is -2.06. The Morgan fingerprint density at radius 2 is 1.87 bits per heavy atom. The average molecular weight is 333 g/mol. The first-order valence-electron chi connectivity index (χ1n) is 7.02. The van der Waals surface area contributed by atoms with Gasteiger partial charge in [-0.15, -0.1) is 11.8 Å². The molecule has 0 aromatic heterocycles. The van der Waals surface area contributed by atoms with Crippen molar-refractivity contribution in [2.45, 2.75) is 4.90 Å². The van der Waals surface area contributed by atoms with Gasteiger partial charge in [0.1, 0.15) is 5.82 Å². The van der Waals surface area contributed by atoms with Crippen LogP contribution in [0.5, 0.6) is 0 Å². The summed E-state index contributed by atoms with van der Waals surface area (Å²) in [5.41, 5.74) is 0.0810. The van der Waals surface area contributed by atoms with Crippen LogP contribution >= 0.6 is 11.8 Å². The number of thioether (sulfide) groups is 1. The van der Waals surface area contributed by atoms with Gasteiger partial charge in [0.05, 0.1) is 5.56 Å². The summed E-state index contributed by atoms with van der Waals surface area (Å²) in [7, 11) is 0. The van der Waals surface area contributed by atoms with E-state index in [2.05, 4.69) is 5.32 Å². The SMILES string of the molecule is O=C(COC(=O)c1cccc(F)c1)NCCSc1ccccc1. The van der Waals surface area contributed by atoms with Crippen molar-refractivity contribution in [1.82, 2.24) is 5.32 Å². The Balaban J connectivity index is 1.64. The molecule has 0 saturated heterocycles. The van der Waals surface area contributed by atoms with Gasteiger partial charge in [0, 0.05) is 17.2 Å². The molecular weight excluding hydrogens is 317 g/mol. The van der Waals surface area contributed by atoms with Crippen LogP contribution in [-0.4, -0.2) is 30.8 Å². The van der Waals surface area contributed by atoms with Gasteiger partial charge < -0.3 is 10.1 Å². The topological polar surface area (TPSA) is 55.4 Å². The lowest BCUT2D eigenvalue weighted by Crippen LogP contribution is -2.30. The van der Waals surface area contributed by atoms with Crippen LogP contribution in [0.1, 0.15) is 10.4 Å². The number of rotatable bonds is 7. The Bertz CT molecular complexity index is 664. The monoisotopic (exact) mass is 333 g/mol. The van der Waals surface area contributed by atoms with Crippen LogP contribution in [-0.2, 0) is 9.53 Å². The third-order valence-corrected chi connectivity index (χ3v) is 3.84. The summed E-state index contributed by atoms with van der Waals surface area (Å²) in [5.74, 6) is -0.920. The van der Waals surface area contributed by atoms with Gasteiger partial charge in [0.2, 0.25) is 0 Å². The highest BCUT2D eigenvalue weighted by Gasteiger charge is 2.10. The number of esters is 1. The number of hydrogen-bond donors (Lipinski definition) is 1. The van der Waals surface area contributed by atoms with Gasteiger partial charge in [-0.1, -0.05) is 24.3 Å². The fraction of sp³-hybridized carbons (Fsp3) is 0.176. The molecule has 0 aliphatic carbocycles. The molecule has 0 radical (unpaired) electrons. The molecular formula is C17H16FNO3S. The molecule has 0 aliphatic heterocycles. The molecule has 1 amide bonds. The number of halogens is 1. The van der Waals surface area contributed by atoms with Crippen molar-refractivity contribution in [1.29, 1.82) is 0 Å². The molecule has 6 heteroatoms. The Labute approximate surface area is 138 Å². The summed E-state index contributed by atoms with van der Waals surface area (Å²) in [6.07, 6.45) is 0. The largest absolute Gasteiger partial charge is 0.452 e. The highest BCUT2D eigenvalue weighted by Crippen LogP contribution is 2.15. The molecule has 1 N–H and O–H groups in total. The van der Waals surface area contributed by atoms with Crippen molar-refractivity contribution < 1.29 is 18.7 Å². The maximum absolute atomic E-state index is 13.0. The van der Waals surface area contributed by atoms with Crippen LogP contribution in [0, 0.1) is 5.82 Å². The van der Waals surface area contributed by atoms with Gasteiger partial charge in [-0.05, 0) is 30.3 Å². The molecule has 0 spiro atoms. The van der Waals surface area contributed by atoms with Crippen LogP contribution in [0.15, 0.2) is 59.5 Å². The molecule has 2 aromatic rings. The van der Waals surface area contributed by atoms with E-state index in [-0.39, 0.29) is 18.1 Å². The summed E-state index contributed by atoms with van der Waals surface area (Å²) >= 11 is 1.62. The number of ether oxygens (including phenoxy) is 1. The predicted octanol–water partition coefficient (Wildman–Crippen LogP) is 2.89. The molecule has 120 valence electrons. The smallest absolute Gasteiger partial charge is 0.338 e. The molecule has 0 bridgehead atoms. The Morgan fingerprint density at radius 3 is 2.61 bits per heavy atom. The van der Waals surface area contributed by atoms with E-state index >= 15 is 0 Å². The molecule has 0 unspecified atom stereocenters. The molecule has 0 fully saturated rings. The molecule has 0 aliphatic rings. The first-order chi connectivity index (χ1) is 11.1. The maximum atomic E-state index is 13.0. The van der Waals surface area contributed by atoms with Crippen molar-refractivity contribution in [3.8, 4) is 0 Å². The van der Waals surface area contributed by atoms with E-state index in [1.165, 1.54) is 18.2 Å². The second-order valence-electron chi connectivity index (χ2n) is 4.60. The van der Waals surface area contributed by atoms with Crippen molar-refractivity contribution in [2.24, 2.45) is 0 Å². The van der Waals surface area contributed by atoms with Crippen molar-refractivity contribution in [3.63, 3.8) is 0 Å². The summed E-state index contributed by atoms with van der Waals surface area (Å²) in [6, 6.07) is 15.0. The van der Waals surface area contributed by atoms with Gasteiger partial charge in [0.15, 0.2) is 6.61 Å².